The van der Waals surface area contributed by atoms with Crippen molar-refractivity contribution in [2.75, 3.05) is 0 Å². The Bertz CT molecular complexity index is 2230. The third kappa shape index (κ3) is 11.2. The van der Waals surface area contributed by atoms with Gasteiger partial charge < -0.3 is 14.1 Å². The van der Waals surface area contributed by atoms with Gasteiger partial charge in [-0.15, -0.1) is 12.4 Å². The van der Waals surface area contributed by atoms with Crippen LogP contribution in [0.25, 0.3) is 55.9 Å². The van der Waals surface area contributed by atoms with Crippen LogP contribution in [0.4, 0.5) is 0 Å². The first-order chi connectivity index (χ1) is 24.7. The SMILES string of the molecule is CCCC(=O)Cc1ccc(-c2nc3ccccc3n2C)cc1C.CCCc1nc2c(C)cc(-c3nc4ccccc4n3C)cc2[nH]1.Cl.II.I[I-]I. The third-order valence-electron chi connectivity index (χ3n) is 8.66. The molecule has 0 aliphatic rings. The molecule has 0 aliphatic carbocycles. The molecular weight excluding hydrogens is 1240 g/mol. The molecule has 278 valence electrons. The number of imidazole rings is 3. The number of aryl methyl sites for hydroxylation is 5. The molecule has 7 rings (SSSR count). The third-order valence-corrected chi connectivity index (χ3v) is 8.66. The van der Waals surface area contributed by atoms with Crippen LogP contribution in [0.1, 0.15) is 55.6 Å². The number of rotatable bonds is 8. The minimum absolute atomic E-state index is 0. The van der Waals surface area contributed by atoms with Crippen molar-refractivity contribution in [2.24, 2.45) is 14.1 Å². The van der Waals surface area contributed by atoms with Gasteiger partial charge in [0.1, 0.15) is 23.3 Å². The van der Waals surface area contributed by atoms with E-state index in [2.05, 4.69) is 165 Å². The van der Waals surface area contributed by atoms with E-state index in [0.29, 0.717) is 31.9 Å². The number of carbonyl (C=O) groups is 1. The summed E-state index contributed by atoms with van der Waals surface area (Å²) >= 11 is 9.54. The van der Waals surface area contributed by atoms with Gasteiger partial charge in [0.2, 0.25) is 0 Å². The Morgan fingerprint density at radius 1 is 0.750 bits per heavy atom. The van der Waals surface area contributed by atoms with Crippen molar-refractivity contribution in [3.63, 3.8) is 0 Å². The summed E-state index contributed by atoms with van der Waals surface area (Å²) < 4.78 is 4.27. The monoisotopic (exact) mass is 1280 g/mol. The van der Waals surface area contributed by atoms with Crippen LogP contribution >= 0.6 is 86.9 Å². The topological polar surface area (TPSA) is 81.4 Å². The first-order valence-electron chi connectivity index (χ1n) is 16.6. The molecule has 0 fully saturated rings. The number of aromatic nitrogens is 6. The number of benzene rings is 4. The Morgan fingerprint density at radius 2 is 1.29 bits per heavy atom. The Labute approximate surface area is 366 Å². The number of nitrogens with one attached hydrogen (secondary N) is 1. The van der Waals surface area contributed by atoms with Gasteiger partial charge in [0, 0.05) is 81.7 Å². The van der Waals surface area contributed by atoms with E-state index in [0.717, 1.165) is 92.1 Å². The maximum atomic E-state index is 11.9. The van der Waals surface area contributed by atoms with Crippen molar-refractivity contribution in [2.45, 2.75) is 59.8 Å². The number of fused-ring (bicyclic) bond motifs is 3. The van der Waals surface area contributed by atoms with Gasteiger partial charge in [-0.25, -0.2) is 15.0 Å². The molecule has 1 N–H and O–H groups in total. The molecule has 0 saturated heterocycles. The summed E-state index contributed by atoms with van der Waals surface area (Å²) in [6.07, 6.45) is 4.18. The fraction of sp³-hybridized carbons (Fsp3) is 0.282. The van der Waals surface area contributed by atoms with E-state index < -0.39 is 0 Å². The van der Waals surface area contributed by atoms with E-state index in [9.17, 15) is 4.79 Å². The molecule has 7 nitrogen and oxygen atoms in total. The number of ketones is 1. The van der Waals surface area contributed by atoms with Crippen molar-refractivity contribution in [3.8, 4) is 22.8 Å². The molecule has 0 atom stereocenters. The molecule has 0 aliphatic heterocycles. The van der Waals surface area contributed by atoms with Crippen LogP contribution in [0.5, 0.6) is 0 Å². The van der Waals surface area contributed by atoms with Crippen molar-refractivity contribution in [1.29, 1.82) is 0 Å². The summed E-state index contributed by atoms with van der Waals surface area (Å²) in [5.74, 6) is 3.32. The van der Waals surface area contributed by atoms with Crippen molar-refractivity contribution in [3.05, 3.63) is 101 Å². The molecule has 3 aromatic heterocycles. The number of para-hydroxylation sites is 4. The van der Waals surface area contributed by atoms with Gasteiger partial charge >= 0.3 is 50.5 Å². The van der Waals surface area contributed by atoms with Gasteiger partial charge in [0.15, 0.2) is 0 Å². The average Bonchev–Trinajstić information content (AvgIpc) is 3.81. The number of nitrogens with zero attached hydrogens (tertiary/aromatic N) is 5. The zero-order valence-electron chi connectivity index (χ0n) is 30.0. The van der Waals surface area contributed by atoms with Crippen LogP contribution in [-0.2, 0) is 31.7 Å². The number of halogens is 6. The first kappa shape index (κ1) is 45.3. The summed E-state index contributed by atoms with van der Waals surface area (Å²) in [6.45, 7) is 8.40. The van der Waals surface area contributed by atoms with Crippen LogP contribution in [-0.4, -0.2) is 34.9 Å². The van der Waals surface area contributed by atoms with E-state index in [1.54, 1.807) is 0 Å². The van der Waals surface area contributed by atoms with Crippen LogP contribution in [0.2, 0.25) is 0 Å². The molecule has 0 amide bonds. The fourth-order valence-corrected chi connectivity index (χ4v) is 6.25. The summed E-state index contributed by atoms with van der Waals surface area (Å²) in [6, 6.07) is 27.0. The molecule has 13 heteroatoms. The molecule has 3 heterocycles. The van der Waals surface area contributed by atoms with E-state index in [1.807, 2.05) is 44.3 Å². The number of aromatic amines is 1. The maximum absolute atomic E-state index is 11.9. The Hall–Kier alpha value is -1.10. The second-order valence-electron chi connectivity index (χ2n) is 12.2. The summed E-state index contributed by atoms with van der Waals surface area (Å²) in [5, 5.41) is 0. The zero-order valence-corrected chi connectivity index (χ0v) is 41.6. The minimum atomic E-state index is 0. The van der Waals surface area contributed by atoms with Gasteiger partial charge in [-0.05, 0) is 85.8 Å². The van der Waals surface area contributed by atoms with E-state index in [1.165, 1.54) is 5.56 Å². The summed E-state index contributed by atoms with van der Waals surface area (Å²) in [7, 11) is 4.11. The van der Waals surface area contributed by atoms with Crippen molar-refractivity contribution >= 4 is 126 Å². The predicted molar refractivity (Wildman–Crippen MR) is 252 cm³/mol. The van der Waals surface area contributed by atoms with Gasteiger partial charge in [0.25, 0.3) is 0 Å². The number of H-pyrrole nitrogens is 1. The standard InChI is InChI=1S/C20H22N2O.C19H20N4.ClH.I3.I2/c1-4-7-17(23)13-15-10-11-16(12-14(15)2)20-21-18-8-5-6-9-19(18)22(20)3;1-4-7-17-20-15-11-13(10-12(2)18(15)22-17)19-21-14-8-5-6-9-16(14)23(19)3;;1-3-2;1-2/h5-6,8-12H,4,7,13H2,1-3H3;5-6,8-11H,4,7H2,1-3H3,(H,20,22);1H;;/q;;;-1;. The van der Waals surface area contributed by atoms with Gasteiger partial charge in [-0.3, -0.25) is 4.79 Å². The number of Topliss-reactive ketones (excluding diaryl/α,β-unsaturated/α-hetero) is 1. The normalized spacial score (nSPS) is 10.6. The van der Waals surface area contributed by atoms with E-state index >= 15 is 0 Å². The van der Waals surface area contributed by atoms with Crippen LogP contribution < -0.4 is 13.3 Å². The van der Waals surface area contributed by atoms with Crippen molar-refractivity contribution in [1.82, 2.24) is 29.1 Å². The number of carbonyl (C=O) groups excluding carboxylic acids is 1. The van der Waals surface area contributed by atoms with E-state index in [-0.39, 0.29) is 12.4 Å². The Kier molecular flexibility index (Phi) is 19.6. The van der Waals surface area contributed by atoms with Gasteiger partial charge in [0.05, 0.1) is 33.1 Å². The van der Waals surface area contributed by atoms with Crippen LogP contribution in [0.3, 0.4) is 0 Å². The molecule has 0 spiro atoms. The molecule has 7 aromatic rings. The molecular formula is C39H43ClI5N6O-. The van der Waals surface area contributed by atoms with Crippen LogP contribution in [0.15, 0.2) is 78.9 Å². The molecule has 0 unspecified atom stereocenters. The Morgan fingerprint density at radius 3 is 1.81 bits per heavy atom. The number of hydrogen-bond donors (Lipinski definition) is 1. The Balaban J connectivity index is 0.000000246. The van der Waals surface area contributed by atoms with Crippen molar-refractivity contribution < 1.29 is 18.0 Å². The van der Waals surface area contributed by atoms with Gasteiger partial charge in [-0.2, -0.15) is 0 Å². The average molecular weight is 1280 g/mol. The molecule has 0 radical (unpaired) electrons. The first-order valence-corrected chi connectivity index (χ1v) is 35.5. The second-order valence-corrected chi connectivity index (χ2v) is 28.5. The quantitative estimate of drug-likeness (QED) is 0.154. The molecule has 0 saturated carbocycles. The van der Waals surface area contributed by atoms with E-state index in [4.69, 9.17) is 15.0 Å². The summed E-state index contributed by atoms with van der Waals surface area (Å²) in [4.78, 5) is 29.6. The fourth-order valence-electron chi connectivity index (χ4n) is 6.25. The number of hydrogen-bond acceptors (Lipinski definition) is 4. The molecule has 52 heavy (non-hydrogen) atoms. The molecule has 0 bridgehead atoms. The second kappa shape index (κ2) is 22.5. The zero-order chi connectivity index (χ0) is 37.1. The molecule has 4 aromatic carbocycles. The van der Waals surface area contributed by atoms with Gasteiger partial charge in [-0.1, -0.05) is 50.2 Å². The predicted octanol–water partition coefficient (Wildman–Crippen LogP) is 9.81. The summed E-state index contributed by atoms with van der Waals surface area (Å²) in [5.41, 5.74) is 12.1. The van der Waals surface area contributed by atoms with Crippen LogP contribution in [0, 0.1) is 13.8 Å².